The molecule has 0 radical (unpaired) electrons. The zero-order chi connectivity index (χ0) is 14.5. The summed E-state index contributed by atoms with van der Waals surface area (Å²) in [5.74, 6) is -0.0411. The van der Waals surface area contributed by atoms with Crippen LogP contribution in [0.2, 0.25) is 0 Å². The van der Waals surface area contributed by atoms with Crippen LogP contribution in [-0.4, -0.2) is 13.1 Å². The maximum atomic E-state index is 12.8. The van der Waals surface area contributed by atoms with Crippen molar-refractivity contribution in [3.8, 4) is 0 Å². The first-order valence-electron chi connectivity index (χ1n) is 6.24. The summed E-state index contributed by atoms with van der Waals surface area (Å²) in [6.45, 7) is 2.44. The van der Waals surface area contributed by atoms with Crippen molar-refractivity contribution in [2.75, 3.05) is 7.11 Å². The number of ether oxygens (including phenoxy) is 1. The van der Waals surface area contributed by atoms with Crippen LogP contribution in [0.5, 0.6) is 0 Å². The molecule has 0 saturated heterocycles. The molecule has 1 aromatic carbocycles. The van der Waals surface area contributed by atoms with Crippen LogP contribution in [0.4, 0.5) is 4.39 Å². The number of halogens is 1. The van der Waals surface area contributed by atoms with Crippen molar-refractivity contribution < 1.29 is 18.3 Å². The lowest BCUT2D eigenvalue weighted by Gasteiger charge is -2.13. The highest BCUT2D eigenvalue weighted by molar-refractivity contribution is 5.88. The number of benzene rings is 1. The van der Waals surface area contributed by atoms with Gasteiger partial charge in [-0.2, -0.15) is 0 Å². The smallest absolute Gasteiger partial charge is 0.341 e. The van der Waals surface area contributed by atoms with Crippen LogP contribution in [-0.2, 0) is 11.3 Å². The van der Waals surface area contributed by atoms with Crippen molar-refractivity contribution in [3.05, 3.63) is 59.3 Å². The highest BCUT2D eigenvalue weighted by atomic mass is 19.1. The molecule has 0 fully saturated rings. The minimum Gasteiger partial charge on any atom is -0.467 e. The summed E-state index contributed by atoms with van der Waals surface area (Å²) < 4.78 is 22.7. The van der Waals surface area contributed by atoms with Gasteiger partial charge in [0.05, 0.1) is 19.2 Å². The SMILES string of the molecule is COC(=O)c1coc(CN[C@@H](C)c2ccc(F)cc2)c1. The fourth-order valence-electron chi connectivity index (χ4n) is 1.82. The topological polar surface area (TPSA) is 51.5 Å². The Morgan fingerprint density at radius 2 is 2.10 bits per heavy atom. The Hall–Kier alpha value is -2.14. The average Bonchev–Trinajstić information content (AvgIpc) is 2.93. The molecule has 0 aliphatic rings. The molecule has 5 heteroatoms. The van der Waals surface area contributed by atoms with E-state index in [0.29, 0.717) is 17.9 Å². The van der Waals surface area contributed by atoms with Crippen molar-refractivity contribution in [2.24, 2.45) is 0 Å². The van der Waals surface area contributed by atoms with Gasteiger partial charge in [-0.25, -0.2) is 9.18 Å². The first-order valence-corrected chi connectivity index (χ1v) is 6.24. The van der Waals surface area contributed by atoms with Gasteiger partial charge in [0.1, 0.15) is 17.8 Å². The molecule has 4 nitrogen and oxygen atoms in total. The van der Waals surface area contributed by atoms with Crippen LogP contribution in [0.1, 0.15) is 34.6 Å². The fraction of sp³-hybridized carbons (Fsp3) is 0.267. The Morgan fingerprint density at radius 1 is 1.40 bits per heavy atom. The number of carbonyl (C=O) groups is 1. The molecule has 0 aliphatic heterocycles. The Balaban J connectivity index is 1.93. The highest BCUT2D eigenvalue weighted by Crippen LogP contribution is 2.15. The third-order valence-corrected chi connectivity index (χ3v) is 3.03. The molecule has 1 heterocycles. The summed E-state index contributed by atoms with van der Waals surface area (Å²) in [5, 5.41) is 3.24. The van der Waals surface area contributed by atoms with Crippen molar-refractivity contribution >= 4 is 5.97 Å². The number of furan rings is 1. The molecule has 0 aliphatic carbocycles. The first-order chi connectivity index (χ1) is 9.60. The lowest BCUT2D eigenvalue weighted by molar-refractivity contribution is 0.0600. The van der Waals surface area contributed by atoms with Crippen LogP contribution in [0.3, 0.4) is 0 Å². The molecule has 106 valence electrons. The van der Waals surface area contributed by atoms with Gasteiger partial charge in [0.2, 0.25) is 0 Å². The monoisotopic (exact) mass is 277 g/mol. The van der Waals surface area contributed by atoms with Gasteiger partial charge in [0, 0.05) is 6.04 Å². The standard InChI is InChI=1S/C15H16FNO3/c1-10(11-3-5-13(16)6-4-11)17-8-14-7-12(9-20-14)15(18)19-2/h3-7,9-10,17H,8H2,1-2H3/t10-/m0/s1. The summed E-state index contributed by atoms with van der Waals surface area (Å²) in [7, 11) is 1.32. The molecular formula is C15H16FNO3. The Labute approximate surface area is 116 Å². The number of rotatable bonds is 5. The van der Waals surface area contributed by atoms with Crippen molar-refractivity contribution in [1.82, 2.24) is 5.32 Å². The molecule has 0 spiro atoms. The zero-order valence-corrected chi connectivity index (χ0v) is 11.4. The predicted octanol–water partition coefficient (Wildman–Crippen LogP) is 3.06. The molecule has 0 amide bonds. The van der Waals surface area contributed by atoms with Crippen molar-refractivity contribution in [2.45, 2.75) is 19.5 Å². The van der Waals surface area contributed by atoms with Crippen LogP contribution in [0.15, 0.2) is 41.0 Å². The average molecular weight is 277 g/mol. The minimum absolute atomic E-state index is 0.0438. The number of methoxy groups -OCH3 is 1. The van der Waals surface area contributed by atoms with Gasteiger partial charge in [-0.05, 0) is 30.7 Å². The molecular weight excluding hydrogens is 261 g/mol. The lowest BCUT2D eigenvalue weighted by atomic mass is 10.1. The van der Waals surface area contributed by atoms with Gasteiger partial charge in [-0.15, -0.1) is 0 Å². The van der Waals surface area contributed by atoms with E-state index in [9.17, 15) is 9.18 Å². The van der Waals surface area contributed by atoms with E-state index in [4.69, 9.17) is 4.42 Å². The third-order valence-electron chi connectivity index (χ3n) is 3.03. The summed E-state index contributed by atoms with van der Waals surface area (Å²) >= 11 is 0. The number of nitrogens with one attached hydrogen (secondary N) is 1. The van der Waals surface area contributed by atoms with Gasteiger partial charge in [0.25, 0.3) is 0 Å². The van der Waals surface area contributed by atoms with Crippen LogP contribution < -0.4 is 5.32 Å². The van der Waals surface area contributed by atoms with Gasteiger partial charge in [-0.1, -0.05) is 12.1 Å². The quantitative estimate of drug-likeness (QED) is 0.853. The van der Waals surface area contributed by atoms with E-state index in [1.807, 2.05) is 6.92 Å². The van der Waals surface area contributed by atoms with Gasteiger partial charge >= 0.3 is 5.97 Å². The second kappa shape index (κ2) is 6.34. The predicted molar refractivity (Wildman–Crippen MR) is 71.7 cm³/mol. The molecule has 2 aromatic rings. The highest BCUT2D eigenvalue weighted by Gasteiger charge is 2.11. The summed E-state index contributed by atoms with van der Waals surface area (Å²) in [6.07, 6.45) is 1.37. The van der Waals surface area contributed by atoms with Gasteiger partial charge in [0.15, 0.2) is 0 Å². The molecule has 0 bridgehead atoms. The first kappa shape index (κ1) is 14.3. The molecule has 0 unspecified atom stereocenters. The maximum absolute atomic E-state index is 12.8. The lowest BCUT2D eigenvalue weighted by Crippen LogP contribution is -2.17. The number of esters is 1. The summed E-state index contributed by atoms with van der Waals surface area (Å²) in [4.78, 5) is 11.3. The zero-order valence-electron chi connectivity index (χ0n) is 11.4. The van der Waals surface area contributed by atoms with E-state index in [0.717, 1.165) is 5.56 Å². The van der Waals surface area contributed by atoms with Crippen molar-refractivity contribution in [1.29, 1.82) is 0 Å². The second-order valence-corrected chi connectivity index (χ2v) is 4.45. The Bertz CT molecular complexity index is 577. The van der Waals surface area contributed by atoms with E-state index in [1.165, 1.54) is 25.5 Å². The molecule has 0 saturated carbocycles. The molecule has 20 heavy (non-hydrogen) atoms. The van der Waals surface area contributed by atoms with Crippen molar-refractivity contribution in [3.63, 3.8) is 0 Å². The van der Waals surface area contributed by atoms with Crippen LogP contribution in [0.25, 0.3) is 0 Å². The third kappa shape index (κ3) is 3.45. The normalized spacial score (nSPS) is 12.2. The fourth-order valence-corrected chi connectivity index (χ4v) is 1.82. The Morgan fingerprint density at radius 3 is 2.75 bits per heavy atom. The Kier molecular flexibility index (Phi) is 4.53. The molecule has 1 N–H and O–H groups in total. The van der Waals surface area contributed by atoms with E-state index in [-0.39, 0.29) is 11.9 Å². The van der Waals surface area contributed by atoms with Gasteiger partial charge in [-0.3, -0.25) is 0 Å². The van der Waals surface area contributed by atoms with E-state index in [1.54, 1.807) is 18.2 Å². The molecule has 1 aromatic heterocycles. The second-order valence-electron chi connectivity index (χ2n) is 4.45. The maximum Gasteiger partial charge on any atom is 0.341 e. The van der Waals surface area contributed by atoms with Gasteiger partial charge < -0.3 is 14.5 Å². The summed E-state index contributed by atoms with van der Waals surface area (Å²) in [5.41, 5.74) is 1.37. The number of hydrogen-bond donors (Lipinski definition) is 1. The van der Waals surface area contributed by atoms with E-state index < -0.39 is 5.97 Å². The number of carbonyl (C=O) groups excluding carboxylic acids is 1. The largest absolute Gasteiger partial charge is 0.467 e. The number of hydrogen-bond acceptors (Lipinski definition) is 4. The minimum atomic E-state index is -0.424. The van der Waals surface area contributed by atoms with E-state index in [2.05, 4.69) is 10.1 Å². The van der Waals surface area contributed by atoms with Crippen LogP contribution >= 0.6 is 0 Å². The molecule has 2 rings (SSSR count). The van der Waals surface area contributed by atoms with Crippen LogP contribution in [0, 0.1) is 5.82 Å². The van der Waals surface area contributed by atoms with E-state index >= 15 is 0 Å². The molecule has 1 atom stereocenters. The summed E-state index contributed by atoms with van der Waals surface area (Å²) in [6, 6.07) is 7.99.